The number of ether oxygens (including phenoxy) is 6. The second kappa shape index (κ2) is 17.0. The number of benzene rings is 3. The summed E-state index contributed by atoms with van der Waals surface area (Å²) in [5.74, 6) is -2.63. The number of esters is 3. The number of carbonyl (C=O) groups excluding carboxylic acids is 4. The molecule has 12 nitrogen and oxygen atoms in total. The molecule has 0 bridgehead atoms. The SMILES string of the molecule is CC(=O)NC1C(OCCOCCN)OC(COC(=O)c2ccccc2)C(OC(=O)c2ccccc2)C1OC(=O)c1ccccc1. The van der Waals surface area contributed by atoms with Crippen molar-refractivity contribution >= 4 is 23.8 Å². The molecule has 1 saturated heterocycles. The molecule has 12 heteroatoms. The normalized spacial score (nSPS) is 20.9. The van der Waals surface area contributed by atoms with Gasteiger partial charge in [0.2, 0.25) is 5.91 Å². The van der Waals surface area contributed by atoms with Gasteiger partial charge in [-0.05, 0) is 36.4 Å². The van der Waals surface area contributed by atoms with Crippen LogP contribution >= 0.6 is 0 Å². The molecule has 1 amide bonds. The minimum absolute atomic E-state index is 0.0189. The highest BCUT2D eigenvalue weighted by atomic mass is 16.7. The van der Waals surface area contributed by atoms with Crippen LogP contribution in [0, 0.1) is 0 Å². The van der Waals surface area contributed by atoms with Gasteiger partial charge in [0, 0.05) is 13.5 Å². The van der Waals surface area contributed by atoms with Crippen molar-refractivity contribution in [3.05, 3.63) is 108 Å². The summed E-state index contributed by atoms with van der Waals surface area (Å²) in [7, 11) is 0. The Morgan fingerprint density at radius 2 is 1.22 bits per heavy atom. The van der Waals surface area contributed by atoms with E-state index in [1.807, 2.05) is 0 Å². The van der Waals surface area contributed by atoms with E-state index in [2.05, 4.69) is 5.32 Å². The van der Waals surface area contributed by atoms with Gasteiger partial charge in [-0.3, -0.25) is 4.79 Å². The van der Waals surface area contributed by atoms with E-state index < -0.39 is 61.1 Å². The lowest BCUT2D eigenvalue weighted by atomic mass is 9.95. The minimum Gasteiger partial charge on any atom is -0.459 e. The summed E-state index contributed by atoms with van der Waals surface area (Å²) < 4.78 is 35.0. The molecule has 1 fully saturated rings. The van der Waals surface area contributed by atoms with Crippen LogP contribution in [0.2, 0.25) is 0 Å². The van der Waals surface area contributed by atoms with Crippen LogP contribution in [0.3, 0.4) is 0 Å². The fourth-order valence-electron chi connectivity index (χ4n) is 4.61. The van der Waals surface area contributed by atoms with Crippen molar-refractivity contribution in [1.29, 1.82) is 0 Å². The monoisotopic (exact) mass is 620 g/mol. The van der Waals surface area contributed by atoms with Crippen molar-refractivity contribution in [1.82, 2.24) is 5.32 Å². The maximum Gasteiger partial charge on any atom is 0.338 e. The third kappa shape index (κ3) is 9.68. The molecule has 45 heavy (non-hydrogen) atoms. The van der Waals surface area contributed by atoms with Crippen molar-refractivity contribution in [3.63, 3.8) is 0 Å². The zero-order chi connectivity index (χ0) is 32.0. The molecular weight excluding hydrogens is 584 g/mol. The molecule has 4 rings (SSSR count). The standard InChI is InChI=1S/C33H36N2O10/c1-22(36)35-27-29(45-32(39)25-15-9-4-10-16-25)28(44-31(38)24-13-7-3-8-14-24)26(43-33(27)41-20-19-40-18-17-34)21-42-30(37)23-11-5-2-6-12-23/h2-16,26-29,33H,17-21,34H2,1H3,(H,35,36). The van der Waals surface area contributed by atoms with Crippen LogP contribution in [0.1, 0.15) is 38.0 Å². The van der Waals surface area contributed by atoms with E-state index in [1.54, 1.807) is 91.0 Å². The van der Waals surface area contributed by atoms with Gasteiger partial charge >= 0.3 is 17.9 Å². The van der Waals surface area contributed by atoms with Crippen LogP contribution in [-0.4, -0.2) is 87.4 Å². The quantitative estimate of drug-likeness (QED) is 0.155. The summed E-state index contributed by atoms with van der Waals surface area (Å²) in [6.45, 7) is 1.65. The van der Waals surface area contributed by atoms with E-state index in [9.17, 15) is 19.2 Å². The molecule has 0 aliphatic carbocycles. The number of hydrogen-bond donors (Lipinski definition) is 2. The predicted octanol–water partition coefficient (Wildman–Crippen LogP) is 2.52. The molecule has 1 aliphatic heterocycles. The average molecular weight is 621 g/mol. The Morgan fingerprint density at radius 1 is 0.711 bits per heavy atom. The fraction of sp³-hybridized carbons (Fsp3) is 0.333. The first-order valence-electron chi connectivity index (χ1n) is 14.4. The number of nitrogens with one attached hydrogen (secondary N) is 1. The molecule has 238 valence electrons. The topological polar surface area (TPSA) is 162 Å². The van der Waals surface area contributed by atoms with E-state index in [4.69, 9.17) is 34.2 Å². The Bertz CT molecular complexity index is 1390. The Hall–Kier alpha value is -4.62. The van der Waals surface area contributed by atoms with Crippen LogP contribution in [0.4, 0.5) is 0 Å². The van der Waals surface area contributed by atoms with Crippen LogP contribution in [0.25, 0.3) is 0 Å². The molecule has 5 atom stereocenters. The van der Waals surface area contributed by atoms with Crippen molar-refractivity contribution in [2.45, 2.75) is 37.6 Å². The highest BCUT2D eigenvalue weighted by molar-refractivity contribution is 5.91. The molecule has 1 heterocycles. The molecule has 3 aromatic rings. The molecule has 0 saturated carbocycles. The first kappa shape index (κ1) is 33.3. The van der Waals surface area contributed by atoms with Gasteiger partial charge < -0.3 is 39.5 Å². The Morgan fingerprint density at radius 3 is 1.73 bits per heavy atom. The molecule has 1 aliphatic rings. The van der Waals surface area contributed by atoms with Crippen LogP contribution < -0.4 is 11.1 Å². The number of nitrogens with two attached hydrogens (primary N) is 1. The summed E-state index contributed by atoms with van der Waals surface area (Å²) in [5, 5.41) is 2.72. The summed E-state index contributed by atoms with van der Waals surface area (Å²) in [5.41, 5.74) is 6.22. The smallest absolute Gasteiger partial charge is 0.338 e. The zero-order valence-corrected chi connectivity index (χ0v) is 24.7. The molecule has 0 spiro atoms. The first-order chi connectivity index (χ1) is 21.9. The highest BCUT2D eigenvalue weighted by Gasteiger charge is 2.52. The number of rotatable bonds is 14. The van der Waals surface area contributed by atoms with E-state index in [-0.39, 0.29) is 24.3 Å². The summed E-state index contributed by atoms with van der Waals surface area (Å²) in [4.78, 5) is 52.0. The third-order valence-corrected chi connectivity index (χ3v) is 6.68. The number of hydrogen-bond acceptors (Lipinski definition) is 11. The maximum atomic E-state index is 13.4. The molecule has 3 N–H and O–H groups in total. The molecule has 3 aromatic carbocycles. The van der Waals surface area contributed by atoms with Gasteiger partial charge in [0.05, 0.1) is 36.5 Å². The van der Waals surface area contributed by atoms with E-state index >= 15 is 0 Å². The Labute approximate surface area is 260 Å². The van der Waals surface area contributed by atoms with Crippen LogP contribution in [-0.2, 0) is 33.2 Å². The Kier molecular flexibility index (Phi) is 12.6. The van der Waals surface area contributed by atoms with Gasteiger partial charge in [0.15, 0.2) is 18.5 Å². The van der Waals surface area contributed by atoms with Crippen molar-refractivity contribution in [2.75, 3.05) is 33.0 Å². The molecule has 0 radical (unpaired) electrons. The maximum absolute atomic E-state index is 13.4. The highest BCUT2D eigenvalue weighted by Crippen LogP contribution is 2.29. The van der Waals surface area contributed by atoms with E-state index in [0.29, 0.717) is 18.7 Å². The van der Waals surface area contributed by atoms with Crippen molar-refractivity contribution < 1.29 is 47.6 Å². The fourth-order valence-corrected chi connectivity index (χ4v) is 4.61. The Balaban J connectivity index is 1.68. The second-order valence-electron chi connectivity index (χ2n) is 9.98. The lowest BCUT2D eigenvalue weighted by Gasteiger charge is -2.45. The number of amides is 1. The molecular formula is C33H36N2O10. The first-order valence-corrected chi connectivity index (χ1v) is 14.4. The van der Waals surface area contributed by atoms with Gasteiger partial charge in [-0.2, -0.15) is 0 Å². The van der Waals surface area contributed by atoms with Gasteiger partial charge in [-0.25, -0.2) is 14.4 Å². The summed E-state index contributed by atoms with van der Waals surface area (Å²) in [6.07, 6.45) is -5.09. The lowest BCUT2D eigenvalue weighted by molar-refractivity contribution is -0.270. The summed E-state index contributed by atoms with van der Waals surface area (Å²) in [6, 6.07) is 23.5. The lowest BCUT2D eigenvalue weighted by Crippen LogP contribution is -2.66. The van der Waals surface area contributed by atoms with Crippen LogP contribution in [0.5, 0.6) is 0 Å². The summed E-state index contributed by atoms with van der Waals surface area (Å²) >= 11 is 0. The van der Waals surface area contributed by atoms with E-state index in [1.165, 1.54) is 6.92 Å². The van der Waals surface area contributed by atoms with Gasteiger partial charge in [-0.1, -0.05) is 54.6 Å². The van der Waals surface area contributed by atoms with Gasteiger partial charge in [-0.15, -0.1) is 0 Å². The zero-order valence-electron chi connectivity index (χ0n) is 24.7. The molecule has 5 unspecified atom stereocenters. The number of carbonyl (C=O) groups is 4. The largest absolute Gasteiger partial charge is 0.459 e. The van der Waals surface area contributed by atoms with Gasteiger partial charge in [0.25, 0.3) is 0 Å². The van der Waals surface area contributed by atoms with Gasteiger partial charge in [0.1, 0.15) is 18.8 Å². The van der Waals surface area contributed by atoms with E-state index in [0.717, 1.165) is 0 Å². The average Bonchev–Trinajstić information content (AvgIpc) is 3.06. The van der Waals surface area contributed by atoms with Crippen molar-refractivity contribution in [3.8, 4) is 0 Å². The van der Waals surface area contributed by atoms with Crippen LogP contribution in [0.15, 0.2) is 91.0 Å². The molecule has 0 aromatic heterocycles. The third-order valence-electron chi connectivity index (χ3n) is 6.68. The minimum atomic E-state index is -1.35. The predicted molar refractivity (Wildman–Crippen MR) is 160 cm³/mol. The second-order valence-corrected chi connectivity index (χ2v) is 9.98. The van der Waals surface area contributed by atoms with Crippen molar-refractivity contribution in [2.24, 2.45) is 5.73 Å².